The smallest absolute Gasteiger partial charge is 0.408 e. The van der Waals surface area contributed by atoms with Crippen molar-refractivity contribution in [1.29, 1.82) is 0 Å². The quantitative estimate of drug-likeness (QED) is 0.199. The average Bonchev–Trinajstić information content (AvgIpc) is 2.85. The fraction of sp³-hybridized carbons (Fsp3) is 0.643. The van der Waals surface area contributed by atoms with Crippen LogP contribution in [0.5, 0.6) is 5.75 Å². The van der Waals surface area contributed by atoms with Gasteiger partial charge in [-0.05, 0) is 70.1 Å². The van der Waals surface area contributed by atoms with Crippen LogP contribution < -0.4 is 15.8 Å². The van der Waals surface area contributed by atoms with Crippen molar-refractivity contribution in [3.05, 3.63) is 29.8 Å². The first kappa shape index (κ1) is 30.9. The highest BCUT2D eigenvalue weighted by Gasteiger charge is 2.26. The minimum Gasteiger partial charge on any atom is -0.494 e. The van der Waals surface area contributed by atoms with Gasteiger partial charge >= 0.3 is 18.1 Å². The maximum atomic E-state index is 12.3. The fourth-order valence-corrected chi connectivity index (χ4v) is 4.03. The van der Waals surface area contributed by atoms with Crippen LogP contribution in [0.15, 0.2) is 29.3 Å². The van der Waals surface area contributed by atoms with E-state index < -0.39 is 23.7 Å². The Balaban J connectivity index is 1.74. The van der Waals surface area contributed by atoms with Crippen molar-refractivity contribution >= 4 is 23.9 Å². The maximum absolute atomic E-state index is 12.3. The lowest BCUT2D eigenvalue weighted by Crippen LogP contribution is -2.45. The second-order valence-corrected chi connectivity index (χ2v) is 11.0. The third kappa shape index (κ3) is 11.0. The van der Waals surface area contributed by atoms with E-state index in [-0.39, 0.29) is 18.4 Å². The number of amides is 3. The first-order valence-electron chi connectivity index (χ1n) is 13.3. The largest absolute Gasteiger partial charge is 0.494 e. The zero-order chi connectivity index (χ0) is 28.3. The van der Waals surface area contributed by atoms with E-state index in [0.29, 0.717) is 31.4 Å². The van der Waals surface area contributed by atoms with E-state index in [9.17, 15) is 14.4 Å². The van der Waals surface area contributed by atoms with Gasteiger partial charge in [-0.1, -0.05) is 26.0 Å². The number of aliphatic imine (C=N–C) groups is 1. The lowest BCUT2D eigenvalue weighted by molar-refractivity contribution is -0.143. The van der Waals surface area contributed by atoms with Crippen molar-refractivity contribution in [2.75, 3.05) is 26.8 Å². The van der Waals surface area contributed by atoms with Crippen LogP contribution in [0, 0.1) is 11.8 Å². The van der Waals surface area contributed by atoms with Gasteiger partial charge in [0.2, 0.25) is 0 Å². The SMILES string of the molecule is COC(=O)C(Cc1ccc(OCCCC2CCN(C(=O)N=C(N)C(C)C)CC2)cc1)NC(=O)OC(C)(C)C. The summed E-state index contributed by atoms with van der Waals surface area (Å²) in [4.78, 5) is 42.3. The highest BCUT2D eigenvalue weighted by molar-refractivity contribution is 5.93. The molecule has 3 N–H and O–H groups in total. The number of hydrogen-bond donors (Lipinski definition) is 2. The number of likely N-dealkylation sites (tertiary alicyclic amines) is 1. The van der Waals surface area contributed by atoms with Crippen LogP contribution in [0.2, 0.25) is 0 Å². The van der Waals surface area contributed by atoms with Crippen LogP contribution >= 0.6 is 0 Å². The number of benzene rings is 1. The molecule has 1 aromatic rings. The number of amidine groups is 1. The van der Waals surface area contributed by atoms with Crippen LogP contribution in [-0.2, 0) is 20.7 Å². The topological polar surface area (TPSA) is 133 Å². The first-order chi connectivity index (χ1) is 17.9. The molecule has 1 aliphatic heterocycles. The third-order valence-electron chi connectivity index (χ3n) is 6.27. The minimum atomic E-state index is -0.859. The van der Waals surface area contributed by atoms with Crippen LogP contribution in [0.3, 0.4) is 0 Å². The van der Waals surface area contributed by atoms with Gasteiger partial charge in [0.1, 0.15) is 23.2 Å². The number of nitrogens with two attached hydrogens (primary N) is 1. The molecular weight excluding hydrogens is 488 g/mol. The molecule has 0 saturated carbocycles. The monoisotopic (exact) mass is 532 g/mol. The molecule has 38 heavy (non-hydrogen) atoms. The van der Waals surface area contributed by atoms with Crippen LogP contribution in [0.1, 0.15) is 65.9 Å². The molecule has 3 amide bonds. The zero-order valence-corrected chi connectivity index (χ0v) is 23.6. The summed E-state index contributed by atoms with van der Waals surface area (Å²) >= 11 is 0. The number of methoxy groups -OCH3 is 1. The summed E-state index contributed by atoms with van der Waals surface area (Å²) < 4.78 is 16.0. The Morgan fingerprint density at radius 3 is 2.32 bits per heavy atom. The second kappa shape index (κ2) is 14.6. The van der Waals surface area contributed by atoms with E-state index in [4.69, 9.17) is 19.9 Å². The number of hydrogen-bond acceptors (Lipinski definition) is 6. The van der Waals surface area contributed by atoms with Gasteiger partial charge in [-0.15, -0.1) is 0 Å². The molecule has 1 aromatic carbocycles. The summed E-state index contributed by atoms with van der Waals surface area (Å²) in [7, 11) is 1.28. The van der Waals surface area contributed by atoms with E-state index in [2.05, 4.69) is 10.3 Å². The lowest BCUT2D eigenvalue weighted by atomic mass is 9.92. The lowest BCUT2D eigenvalue weighted by Gasteiger charge is -2.30. The number of carbonyl (C=O) groups excluding carboxylic acids is 3. The molecule has 1 heterocycles. The average molecular weight is 533 g/mol. The van der Waals surface area contributed by atoms with Gasteiger partial charge in [-0.2, -0.15) is 4.99 Å². The predicted molar refractivity (Wildman–Crippen MR) is 146 cm³/mol. The number of nitrogens with zero attached hydrogens (tertiary/aromatic N) is 2. The number of piperidine rings is 1. The Morgan fingerprint density at radius 1 is 1.13 bits per heavy atom. The normalized spacial score (nSPS) is 15.7. The van der Waals surface area contributed by atoms with Crippen LogP contribution in [0.25, 0.3) is 0 Å². The number of carbonyl (C=O) groups is 3. The van der Waals surface area contributed by atoms with Crippen molar-refractivity contribution in [3.63, 3.8) is 0 Å². The zero-order valence-electron chi connectivity index (χ0n) is 23.6. The molecule has 1 unspecified atom stereocenters. The molecule has 1 fully saturated rings. The van der Waals surface area contributed by atoms with Crippen molar-refractivity contribution < 1.29 is 28.6 Å². The van der Waals surface area contributed by atoms with Crippen molar-refractivity contribution in [2.45, 2.75) is 78.4 Å². The summed E-state index contributed by atoms with van der Waals surface area (Å²) in [6, 6.07) is 6.34. The number of urea groups is 1. The fourth-order valence-electron chi connectivity index (χ4n) is 4.03. The number of esters is 1. The van der Waals surface area contributed by atoms with E-state index in [0.717, 1.165) is 37.0 Å². The predicted octanol–water partition coefficient (Wildman–Crippen LogP) is 4.30. The van der Waals surface area contributed by atoms with Gasteiger partial charge in [0.05, 0.1) is 13.7 Å². The van der Waals surface area contributed by atoms with Crippen LogP contribution in [0.4, 0.5) is 9.59 Å². The molecule has 10 nitrogen and oxygen atoms in total. The molecule has 212 valence electrons. The molecule has 10 heteroatoms. The summed E-state index contributed by atoms with van der Waals surface area (Å²) in [6.07, 6.45) is 3.46. The van der Waals surface area contributed by atoms with Gasteiger partial charge in [-0.3, -0.25) is 0 Å². The summed E-state index contributed by atoms with van der Waals surface area (Å²) in [5, 5.41) is 2.58. The highest BCUT2D eigenvalue weighted by atomic mass is 16.6. The van der Waals surface area contributed by atoms with E-state index in [1.54, 1.807) is 25.7 Å². The molecule has 0 radical (unpaired) electrons. The molecule has 1 aliphatic rings. The standard InChI is InChI=1S/C28H44N4O6/c1-19(2)24(29)31-26(34)32-15-13-20(14-16-32)8-7-17-37-22-11-9-21(10-12-22)18-23(25(33)36-6)30-27(35)38-28(3,4)5/h9-12,19-20,23H,7-8,13-18H2,1-6H3,(H,30,35)(H2,29,31,34). The number of rotatable bonds is 10. The van der Waals surface area contributed by atoms with Crippen molar-refractivity contribution in [3.8, 4) is 5.75 Å². The molecule has 2 rings (SSSR count). The molecule has 0 aliphatic carbocycles. The molecule has 1 atom stereocenters. The molecule has 0 aromatic heterocycles. The van der Waals surface area contributed by atoms with Crippen LogP contribution in [-0.4, -0.2) is 67.3 Å². The highest BCUT2D eigenvalue weighted by Crippen LogP contribution is 2.23. The Labute approximate surface area is 226 Å². The summed E-state index contributed by atoms with van der Waals surface area (Å²) in [6.45, 7) is 11.1. The third-order valence-corrected chi connectivity index (χ3v) is 6.27. The molecule has 0 bridgehead atoms. The Hall–Kier alpha value is -3.30. The Kier molecular flexibility index (Phi) is 11.9. The van der Waals surface area contributed by atoms with Gasteiger partial charge in [-0.25, -0.2) is 14.4 Å². The summed E-state index contributed by atoms with van der Waals surface area (Å²) in [5.41, 5.74) is 6.00. The minimum absolute atomic E-state index is 0.0608. The summed E-state index contributed by atoms with van der Waals surface area (Å²) in [5.74, 6) is 1.20. The van der Waals surface area contributed by atoms with Gasteiger partial charge < -0.3 is 30.2 Å². The van der Waals surface area contributed by atoms with Gasteiger partial charge in [0.25, 0.3) is 0 Å². The van der Waals surface area contributed by atoms with Crippen molar-refractivity contribution in [2.24, 2.45) is 22.6 Å². The Bertz CT molecular complexity index is 947. The van der Waals surface area contributed by atoms with E-state index in [1.165, 1.54) is 7.11 Å². The van der Waals surface area contributed by atoms with E-state index >= 15 is 0 Å². The van der Waals surface area contributed by atoms with Gasteiger partial charge in [0.15, 0.2) is 0 Å². The second-order valence-electron chi connectivity index (χ2n) is 11.0. The maximum Gasteiger partial charge on any atom is 0.408 e. The number of ether oxygens (including phenoxy) is 3. The van der Waals surface area contributed by atoms with Crippen molar-refractivity contribution in [1.82, 2.24) is 10.2 Å². The number of nitrogens with one attached hydrogen (secondary N) is 1. The Morgan fingerprint density at radius 2 is 1.76 bits per heavy atom. The number of alkyl carbamates (subject to hydrolysis) is 1. The molecular formula is C28H44N4O6. The van der Waals surface area contributed by atoms with Gasteiger partial charge in [0, 0.05) is 25.4 Å². The first-order valence-corrected chi connectivity index (χ1v) is 13.3. The molecule has 0 spiro atoms. The van der Waals surface area contributed by atoms with E-state index in [1.807, 2.05) is 38.1 Å². The molecule has 1 saturated heterocycles.